The number of rotatable bonds is 0. The SMILES string of the molecule is C1=C[C@H]2C[C@@H]1[C@@H]1CC3(C[C@@H]12)c1ccccc1-c1ccccc13. The van der Waals surface area contributed by atoms with Gasteiger partial charge < -0.3 is 0 Å². The highest BCUT2D eigenvalue weighted by Crippen LogP contribution is 2.66. The van der Waals surface area contributed by atoms with Crippen molar-refractivity contribution < 1.29 is 0 Å². The molecule has 0 heterocycles. The zero-order valence-electron chi connectivity index (χ0n) is 12.7. The highest BCUT2D eigenvalue weighted by molar-refractivity contribution is 5.81. The fourth-order valence-electron chi connectivity index (χ4n) is 6.38. The molecule has 2 aromatic rings. The third-order valence-corrected chi connectivity index (χ3v) is 7.14. The first kappa shape index (κ1) is 11.7. The zero-order valence-corrected chi connectivity index (χ0v) is 12.7. The van der Waals surface area contributed by atoms with Gasteiger partial charge in [-0.2, -0.15) is 0 Å². The molecule has 2 fully saturated rings. The van der Waals surface area contributed by atoms with Gasteiger partial charge in [0.15, 0.2) is 0 Å². The summed E-state index contributed by atoms with van der Waals surface area (Å²) in [6.45, 7) is 0. The van der Waals surface area contributed by atoms with Gasteiger partial charge in [-0.25, -0.2) is 0 Å². The third-order valence-electron chi connectivity index (χ3n) is 7.14. The molecular formula is C22H20. The summed E-state index contributed by atoms with van der Waals surface area (Å²) in [5.74, 6) is 3.59. The lowest BCUT2D eigenvalue weighted by atomic mass is 9.74. The lowest BCUT2D eigenvalue weighted by molar-refractivity contribution is 0.364. The topological polar surface area (TPSA) is 0 Å². The Morgan fingerprint density at radius 2 is 1.18 bits per heavy atom. The van der Waals surface area contributed by atoms with Crippen LogP contribution in [0.5, 0.6) is 0 Å². The molecule has 4 aliphatic carbocycles. The molecule has 0 aliphatic heterocycles. The number of hydrogen-bond donors (Lipinski definition) is 0. The minimum absolute atomic E-state index is 0.311. The van der Waals surface area contributed by atoms with Gasteiger partial charge in [0.25, 0.3) is 0 Å². The molecule has 4 aliphatic rings. The Bertz CT molecular complexity index is 745. The Morgan fingerprint density at radius 1 is 0.682 bits per heavy atom. The Balaban J connectivity index is 1.59. The van der Waals surface area contributed by atoms with E-state index in [1.807, 2.05) is 0 Å². The van der Waals surface area contributed by atoms with Crippen LogP contribution in [0.1, 0.15) is 30.4 Å². The monoisotopic (exact) mass is 284 g/mol. The summed E-state index contributed by atoms with van der Waals surface area (Å²) < 4.78 is 0. The van der Waals surface area contributed by atoms with Crippen LogP contribution in [0, 0.1) is 23.7 Å². The molecule has 0 amide bonds. The molecule has 108 valence electrons. The number of hydrogen-bond acceptors (Lipinski definition) is 0. The molecule has 0 radical (unpaired) electrons. The van der Waals surface area contributed by atoms with Crippen LogP contribution >= 0.6 is 0 Å². The standard InChI is InChI=1S/C22H20/c1-3-7-20-16(5-1)17-6-2-4-8-21(17)22(20)12-18-14-9-10-15(11-14)19(18)13-22/h1-10,14-15,18-19H,11-13H2/t14-,15+,18+,19-. The Morgan fingerprint density at radius 3 is 1.73 bits per heavy atom. The summed E-state index contributed by atoms with van der Waals surface area (Å²) in [7, 11) is 0. The van der Waals surface area contributed by atoms with E-state index in [2.05, 4.69) is 60.7 Å². The van der Waals surface area contributed by atoms with Crippen LogP contribution in [-0.4, -0.2) is 0 Å². The smallest absolute Gasteiger partial charge is 0.0221 e. The van der Waals surface area contributed by atoms with Gasteiger partial charge in [0.05, 0.1) is 0 Å². The van der Waals surface area contributed by atoms with Gasteiger partial charge in [0.2, 0.25) is 0 Å². The first-order valence-corrected chi connectivity index (χ1v) is 8.74. The highest BCUT2D eigenvalue weighted by atomic mass is 14.6. The number of fused-ring (bicyclic) bond motifs is 10. The van der Waals surface area contributed by atoms with Crippen molar-refractivity contribution in [1.82, 2.24) is 0 Å². The van der Waals surface area contributed by atoms with Gasteiger partial charge in [0.1, 0.15) is 0 Å². The van der Waals surface area contributed by atoms with Crippen molar-refractivity contribution in [2.45, 2.75) is 24.7 Å². The van der Waals surface area contributed by atoms with E-state index in [0.717, 1.165) is 23.7 Å². The highest BCUT2D eigenvalue weighted by Gasteiger charge is 2.58. The van der Waals surface area contributed by atoms with Crippen LogP contribution in [0.4, 0.5) is 0 Å². The van der Waals surface area contributed by atoms with E-state index < -0.39 is 0 Å². The van der Waals surface area contributed by atoms with E-state index in [4.69, 9.17) is 0 Å². The lowest BCUT2D eigenvalue weighted by Crippen LogP contribution is -2.23. The van der Waals surface area contributed by atoms with E-state index in [0.29, 0.717) is 5.41 Å². The maximum absolute atomic E-state index is 2.53. The molecule has 1 spiro atoms. The quantitative estimate of drug-likeness (QED) is 0.584. The van der Waals surface area contributed by atoms with E-state index in [9.17, 15) is 0 Å². The molecule has 2 aromatic carbocycles. The molecule has 4 atom stereocenters. The van der Waals surface area contributed by atoms with Crippen molar-refractivity contribution in [1.29, 1.82) is 0 Å². The summed E-state index contributed by atoms with van der Waals surface area (Å²) in [6.07, 6.45) is 9.23. The predicted octanol–water partition coefficient (Wildman–Crippen LogP) is 5.19. The molecule has 0 heteroatoms. The molecule has 0 aromatic heterocycles. The van der Waals surface area contributed by atoms with E-state index in [-0.39, 0.29) is 0 Å². The van der Waals surface area contributed by atoms with E-state index >= 15 is 0 Å². The largest absolute Gasteiger partial charge is 0.0848 e. The second kappa shape index (κ2) is 3.74. The molecule has 0 N–H and O–H groups in total. The van der Waals surface area contributed by atoms with Crippen molar-refractivity contribution >= 4 is 0 Å². The first-order valence-electron chi connectivity index (χ1n) is 8.74. The van der Waals surface area contributed by atoms with Crippen LogP contribution in [0.15, 0.2) is 60.7 Å². The molecule has 6 rings (SSSR count). The summed E-state index contributed by atoms with van der Waals surface area (Å²) in [4.78, 5) is 0. The fraction of sp³-hybridized carbons (Fsp3) is 0.364. The molecule has 0 unspecified atom stereocenters. The second-order valence-electron chi connectivity index (χ2n) is 7.86. The van der Waals surface area contributed by atoms with Crippen LogP contribution in [0.25, 0.3) is 11.1 Å². The summed E-state index contributed by atoms with van der Waals surface area (Å²) in [5, 5.41) is 0. The van der Waals surface area contributed by atoms with E-state index in [1.54, 1.807) is 11.1 Å². The molecule has 2 bridgehead atoms. The van der Waals surface area contributed by atoms with E-state index in [1.165, 1.54) is 30.4 Å². The lowest BCUT2D eigenvalue weighted by Gasteiger charge is -2.28. The maximum atomic E-state index is 2.53. The predicted molar refractivity (Wildman–Crippen MR) is 89.6 cm³/mol. The van der Waals surface area contributed by atoms with Crippen LogP contribution < -0.4 is 0 Å². The first-order chi connectivity index (χ1) is 10.9. The molecular weight excluding hydrogens is 264 g/mol. The van der Waals surface area contributed by atoms with Gasteiger partial charge in [-0.3, -0.25) is 0 Å². The maximum Gasteiger partial charge on any atom is 0.0221 e. The molecule has 0 nitrogen and oxygen atoms in total. The average molecular weight is 284 g/mol. The van der Waals surface area contributed by atoms with Crippen LogP contribution in [0.2, 0.25) is 0 Å². The van der Waals surface area contributed by atoms with Crippen molar-refractivity contribution in [3.8, 4) is 11.1 Å². The minimum Gasteiger partial charge on any atom is -0.0848 e. The number of benzene rings is 2. The van der Waals surface area contributed by atoms with Gasteiger partial charge in [-0.05, 0) is 65.2 Å². The Kier molecular flexibility index (Phi) is 1.99. The van der Waals surface area contributed by atoms with Crippen LogP contribution in [0.3, 0.4) is 0 Å². The van der Waals surface area contributed by atoms with Gasteiger partial charge in [0, 0.05) is 5.41 Å². The van der Waals surface area contributed by atoms with Crippen molar-refractivity contribution in [3.63, 3.8) is 0 Å². The molecule has 0 saturated heterocycles. The summed E-state index contributed by atoms with van der Waals surface area (Å²) in [6, 6.07) is 18.4. The van der Waals surface area contributed by atoms with Crippen LogP contribution in [-0.2, 0) is 5.41 Å². The Labute approximate surface area is 131 Å². The fourth-order valence-corrected chi connectivity index (χ4v) is 6.38. The summed E-state index contributed by atoms with van der Waals surface area (Å²) >= 11 is 0. The molecule has 22 heavy (non-hydrogen) atoms. The number of allylic oxidation sites excluding steroid dienone is 2. The van der Waals surface area contributed by atoms with Crippen molar-refractivity contribution in [2.24, 2.45) is 23.7 Å². The third kappa shape index (κ3) is 1.19. The van der Waals surface area contributed by atoms with Crippen molar-refractivity contribution in [2.75, 3.05) is 0 Å². The summed E-state index contributed by atoms with van der Waals surface area (Å²) in [5.41, 5.74) is 6.54. The van der Waals surface area contributed by atoms with Crippen molar-refractivity contribution in [3.05, 3.63) is 71.8 Å². The minimum atomic E-state index is 0.311. The molecule has 2 saturated carbocycles. The van der Waals surface area contributed by atoms with Gasteiger partial charge in [-0.1, -0.05) is 60.7 Å². The second-order valence-corrected chi connectivity index (χ2v) is 7.86. The van der Waals surface area contributed by atoms with Gasteiger partial charge in [-0.15, -0.1) is 0 Å². The zero-order chi connectivity index (χ0) is 14.3. The average Bonchev–Trinajstić information content (AvgIpc) is 3.30. The Hall–Kier alpha value is -1.82. The normalized spacial score (nSPS) is 34.9. The van der Waals surface area contributed by atoms with Gasteiger partial charge >= 0.3 is 0 Å².